The van der Waals surface area contributed by atoms with Crippen LogP contribution in [0.4, 0.5) is 10.8 Å². The van der Waals surface area contributed by atoms with Crippen molar-refractivity contribution >= 4 is 28.1 Å². The molecule has 1 amide bonds. The van der Waals surface area contributed by atoms with Crippen molar-refractivity contribution in [1.29, 1.82) is 0 Å². The van der Waals surface area contributed by atoms with Crippen molar-refractivity contribution in [2.24, 2.45) is 0 Å². The average molecular weight is 395 g/mol. The van der Waals surface area contributed by atoms with Gasteiger partial charge in [-0.25, -0.2) is 4.98 Å². The lowest BCUT2D eigenvalue weighted by Gasteiger charge is -2.18. The molecule has 1 heterocycles. The lowest BCUT2D eigenvalue weighted by Crippen LogP contribution is -2.30. The Morgan fingerprint density at radius 2 is 1.75 bits per heavy atom. The summed E-state index contributed by atoms with van der Waals surface area (Å²) in [7, 11) is 3.73. The second-order valence-corrected chi connectivity index (χ2v) is 7.69. The lowest BCUT2D eigenvalue weighted by molar-refractivity contribution is -0.122. The van der Waals surface area contributed by atoms with E-state index in [1.165, 1.54) is 0 Å². The van der Waals surface area contributed by atoms with Gasteiger partial charge in [-0.1, -0.05) is 65.9 Å². The first kappa shape index (κ1) is 19.9. The first-order valence-corrected chi connectivity index (χ1v) is 10.2. The molecule has 0 spiro atoms. The van der Waals surface area contributed by atoms with Gasteiger partial charge in [0.05, 0.1) is 10.9 Å². The van der Waals surface area contributed by atoms with Gasteiger partial charge in [-0.2, -0.15) is 0 Å². The number of rotatable bonds is 8. The highest BCUT2D eigenvalue weighted by atomic mass is 32.1. The van der Waals surface area contributed by atoms with Gasteiger partial charge in [0.2, 0.25) is 5.91 Å². The molecule has 1 unspecified atom stereocenters. The molecule has 1 atom stereocenters. The fourth-order valence-electron chi connectivity index (χ4n) is 3.20. The third kappa shape index (κ3) is 4.70. The second kappa shape index (κ2) is 9.37. The highest BCUT2D eigenvalue weighted by Gasteiger charge is 2.24. The standard InChI is InChI=1S/C22H26N4OS/c1-15-9-7-8-12-17(15)18(13-19-26-20(23-2)22(24-3)28-19)21(27)25-14-16-10-5-4-6-11-16/h4-12,18,23-24H,13-14H2,1-3H3,(H,25,27). The Morgan fingerprint density at radius 1 is 1.04 bits per heavy atom. The Bertz CT molecular complexity index is 902. The number of nitrogens with zero attached hydrogens (tertiary/aromatic N) is 1. The molecule has 5 nitrogen and oxygen atoms in total. The van der Waals surface area contributed by atoms with Gasteiger partial charge in [0.1, 0.15) is 5.00 Å². The summed E-state index contributed by atoms with van der Waals surface area (Å²) in [6, 6.07) is 18.0. The van der Waals surface area contributed by atoms with Crippen molar-refractivity contribution in [2.75, 3.05) is 24.7 Å². The van der Waals surface area contributed by atoms with Crippen molar-refractivity contribution in [3.05, 3.63) is 76.3 Å². The number of benzene rings is 2. The van der Waals surface area contributed by atoms with E-state index in [1.54, 1.807) is 11.3 Å². The Balaban J connectivity index is 1.84. The third-order valence-electron chi connectivity index (χ3n) is 4.70. The number of hydrogen-bond donors (Lipinski definition) is 3. The molecular formula is C22H26N4OS. The average Bonchev–Trinajstić information content (AvgIpc) is 3.14. The van der Waals surface area contributed by atoms with E-state index in [0.29, 0.717) is 13.0 Å². The largest absolute Gasteiger partial charge is 0.377 e. The summed E-state index contributed by atoms with van der Waals surface area (Å²) in [5.74, 6) is 0.548. The van der Waals surface area contributed by atoms with E-state index in [-0.39, 0.29) is 11.8 Å². The van der Waals surface area contributed by atoms with E-state index in [2.05, 4.69) is 20.9 Å². The van der Waals surface area contributed by atoms with Crippen molar-refractivity contribution in [3.63, 3.8) is 0 Å². The molecule has 3 N–H and O–H groups in total. The molecule has 0 fully saturated rings. The van der Waals surface area contributed by atoms with Crippen molar-refractivity contribution in [2.45, 2.75) is 25.8 Å². The molecule has 146 valence electrons. The quantitative estimate of drug-likeness (QED) is 0.536. The maximum atomic E-state index is 13.1. The number of carbonyl (C=O) groups is 1. The molecule has 3 aromatic rings. The van der Waals surface area contributed by atoms with E-state index in [0.717, 1.165) is 32.5 Å². The molecule has 2 aromatic carbocycles. The minimum Gasteiger partial charge on any atom is -0.377 e. The minimum atomic E-state index is -0.287. The number of amides is 1. The zero-order valence-corrected chi connectivity index (χ0v) is 17.3. The van der Waals surface area contributed by atoms with Crippen LogP contribution >= 0.6 is 11.3 Å². The second-order valence-electron chi connectivity index (χ2n) is 6.60. The van der Waals surface area contributed by atoms with Gasteiger partial charge in [0.15, 0.2) is 5.82 Å². The Labute approximate surface area is 170 Å². The molecule has 0 aliphatic heterocycles. The highest BCUT2D eigenvalue weighted by molar-refractivity contribution is 7.16. The number of nitrogens with one attached hydrogen (secondary N) is 3. The van der Waals surface area contributed by atoms with E-state index < -0.39 is 0 Å². The SMILES string of the molecule is CNc1nc(CC(C(=O)NCc2ccccc2)c2ccccc2C)sc1NC. The maximum absolute atomic E-state index is 13.1. The summed E-state index contributed by atoms with van der Waals surface area (Å²) >= 11 is 1.58. The highest BCUT2D eigenvalue weighted by Crippen LogP contribution is 2.32. The van der Waals surface area contributed by atoms with E-state index in [9.17, 15) is 4.79 Å². The van der Waals surface area contributed by atoms with Crippen LogP contribution in [0.2, 0.25) is 0 Å². The molecule has 1 aromatic heterocycles. The zero-order valence-electron chi connectivity index (χ0n) is 16.5. The first-order chi connectivity index (χ1) is 13.6. The normalized spacial score (nSPS) is 11.7. The smallest absolute Gasteiger partial charge is 0.228 e. The van der Waals surface area contributed by atoms with Gasteiger partial charge in [-0.3, -0.25) is 4.79 Å². The van der Waals surface area contributed by atoms with Crippen LogP contribution in [-0.4, -0.2) is 25.0 Å². The molecule has 0 saturated heterocycles. The zero-order chi connectivity index (χ0) is 19.9. The number of carbonyl (C=O) groups excluding carboxylic acids is 1. The molecule has 0 aliphatic rings. The van der Waals surface area contributed by atoms with Crippen LogP contribution < -0.4 is 16.0 Å². The Kier molecular flexibility index (Phi) is 6.66. The van der Waals surface area contributed by atoms with Crippen molar-refractivity contribution in [3.8, 4) is 0 Å². The van der Waals surface area contributed by atoms with Crippen LogP contribution in [0.1, 0.15) is 27.6 Å². The summed E-state index contributed by atoms with van der Waals surface area (Å²) in [6.45, 7) is 2.57. The lowest BCUT2D eigenvalue weighted by atomic mass is 9.91. The third-order valence-corrected chi connectivity index (χ3v) is 5.80. The molecule has 0 aliphatic carbocycles. The van der Waals surface area contributed by atoms with E-state index in [1.807, 2.05) is 75.6 Å². The van der Waals surface area contributed by atoms with Gasteiger partial charge < -0.3 is 16.0 Å². The molecular weight excluding hydrogens is 368 g/mol. The molecule has 28 heavy (non-hydrogen) atoms. The Morgan fingerprint density at radius 3 is 2.39 bits per heavy atom. The van der Waals surface area contributed by atoms with E-state index in [4.69, 9.17) is 0 Å². The fourth-order valence-corrected chi connectivity index (χ4v) is 4.16. The summed E-state index contributed by atoms with van der Waals surface area (Å²) in [6.07, 6.45) is 0.562. The van der Waals surface area contributed by atoms with E-state index >= 15 is 0 Å². The summed E-state index contributed by atoms with van der Waals surface area (Å²) < 4.78 is 0. The predicted molar refractivity (Wildman–Crippen MR) is 117 cm³/mol. The number of aromatic nitrogens is 1. The summed E-state index contributed by atoms with van der Waals surface area (Å²) in [5, 5.41) is 11.3. The topological polar surface area (TPSA) is 66.0 Å². The summed E-state index contributed by atoms with van der Waals surface area (Å²) in [5.41, 5.74) is 3.24. The van der Waals surface area contributed by atoms with Crippen LogP contribution in [-0.2, 0) is 17.8 Å². The molecule has 3 rings (SSSR count). The fraction of sp³-hybridized carbons (Fsp3) is 0.273. The van der Waals surface area contributed by atoms with Crippen LogP contribution in [0.5, 0.6) is 0 Å². The van der Waals surface area contributed by atoms with Crippen molar-refractivity contribution in [1.82, 2.24) is 10.3 Å². The number of anilines is 2. The first-order valence-electron chi connectivity index (χ1n) is 9.34. The summed E-state index contributed by atoms with van der Waals surface area (Å²) in [4.78, 5) is 17.8. The molecule has 6 heteroatoms. The van der Waals surface area contributed by atoms with Crippen molar-refractivity contribution < 1.29 is 4.79 Å². The number of hydrogen-bond acceptors (Lipinski definition) is 5. The van der Waals surface area contributed by atoms with Crippen LogP contribution in [0, 0.1) is 6.92 Å². The van der Waals surface area contributed by atoms with Gasteiger partial charge in [0.25, 0.3) is 0 Å². The number of aryl methyl sites for hydroxylation is 1. The van der Waals surface area contributed by atoms with Crippen LogP contribution in [0.3, 0.4) is 0 Å². The monoisotopic (exact) mass is 394 g/mol. The molecule has 0 radical (unpaired) electrons. The maximum Gasteiger partial charge on any atom is 0.228 e. The van der Waals surface area contributed by atoms with Gasteiger partial charge in [-0.05, 0) is 23.6 Å². The molecule has 0 saturated carbocycles. The Hall–Kier alpha value is -2.86. The molecule has 0 bridgehead atoms. The minimum absolute atomic E-state index is 0.0189. The number of thiazole rings is 1. The van der Waals surface area contributed by atoms with Gasteiger partial charge in [0, 0.05) is 27.1 Å². The van der Waals surface area contributed by atoms with Gasteiger partial charge >= 0.3 is 0 Å². The van der Waals surface area contributed by atoms with Crippen LogP contribution in [0.15, 0.2) is 54.6 Å². The predicted octanol–water partition coefficient (Wildman–Crippen LogP) is 4.18. The van der Waals surface area contributed by atoms with Gasteiger partial charge in [-0.15, -0.1) is 0 Å². The van der Waals surface area contributed by atoms with Crippen LogP contribution in [0.25, 0.3) is 0 Å².